The first-order valence-corrected chi connectivity index (χ1v) is 5.52. The largest absolute Gasteiger partial charge is 0.342 e. The van der Waals surface area contributed by atoms with Crippen LogP contribution in [0.15, 0.2) is 0 Å². The Morgan fingerprint density at radius 2 is 1.86 bits per heavy atom. The molecule has 0 rings (SSSR count). The summed E-state index contributed by atoms with van der Waals surface area (Å²) in [6.07, 6.45) is 2.81. The van der Waals surface area contributed by atoms with Crippen LogP contribution in [0.2, 0.25) is 0 Å². The van der Waals surface area contributed by atoms with Gasteiger partial charge >= 0.3 is 0 Å². The Labute approximate surface area is 87.6 Å². The molecule has 0 radical (unpaired) electrons. The molecule has 14 heavy (non-hydrogen) atoms. The van der Waals surface area contributed by atoms with E-state index >= 15 is 0 Å². The van der Waals surface area contributed by atoms with Crippen LogP contribution in [-0.4, -0.2) is 30.4 Å². The van der Waals surface area contributed by atoms with Gasteiger partial charge in [-0.3, -0.25) is 4.79 Å². The second-order valence-electron chi connectivity index (χ2n) is 3.98. The predicted octanol–water partition coefficient (Wildman–Crippen LogP) is 1.62. The number of nitrogens with zero attached hydrogens (tertiary/aromatic N) is 1. The second kappa shape index (κ2) is 6.82. The first kappa shape index (κ1) is 13.4. The van der Waals surface area contributed by atoms with Gasteiger partial charge in [-0.2, -0.15) is 0 Å². The molecule has 0 saturated heterocycles. The van der Waals surface area contributed by atoms with E-state index in [0.29, 0.717) is 18.9 Å². The number of likely N-dealkylation sites (N-methyl/N-ethyl adjacent to an activating group) is 1. The van der Waals surface area contributed by atoms with E-state index in [-0.39, 0.29) is 11.9 Å². The molecule has 0 spiro atoms. The van der Waals surface area contributed by atoms with Gasteiger partial charge in [0.25, 0.3) is 0 Å². The molecule has 0 saturated carbocycles. The average Bonchev–Trinajstić information content (AvgIpc) is 2.23. The first-order chi connectivity index (χ1) is 6.56. The smallest absolute Gasteiger partial charge is 0.222 e. The number of amides is 1. The summed E-state index contributed by atoms with van der Waals surface area (Å²) < 4.78 is 0. The topological polar surface area (TPSA) is 46.3 Å². The Balaban J connectivity index is 4.06. The number of hydrogen-bond acceptors (Lipinski definition) is 2. The Hall–Kier alpha value is -0.570. The van der Waals surface area contributed by atoms with Crippen molar-refractivity contribution in [1.29, 1.82) is 0 Å². The van der Waals surface area contributed by atoms with Gasteiger partial charge < -0.3 is 10.6 Å². The van der Waals surface area contributed by atoms with Crippen molar-refractivity contribution in [3.63, 3.8) is 0 Å². The second-order valence-corrected chi connectivity index (χ2v) is 3.98. The molecule has 84 valence electrons. The molecule has 0 heterocycles. The Kier molecular flexibility index (Phi) is 6.54. The number of hydrogen-bond donors (Lipinski definition) is 1. The van der Waals surface area contributed by atoms with Gasteiger partial charge in [-0.05, 0) is 12.8 Å². The summed E-state index contributed by atoms with van der Waals surface area (Å²) in [5, 5.41) is 0. The van der Waals surface area contributed by atoms with Crippen LogP contribution in [0.5, 0.6) is 0 Å². The molecule has 3 nitrogen and oxygen atoms in total. The lowest BCUT2D eigenvalue weighted by Crippen LogP contribution is -2.40. The molecule has 0 aromatic carbocycles. The highest BCUT2D eigenvalue weighted by Gasteiger charge is 2.17. The van der Waals surface area contributed by atoms with Crippen LogP contribution >= 0.6 is 0 Å². The Morgan fingerprint density at radius 1 is 1.36 bits per heavy atom. The third-order valence-electron chi connectivity index (χ3n) is 3.01. The van der Waals surface area contributed by atoms with Crippen molar-refractivity contribution in [3.05, 3.63) is 0 Å². The lowest BCUT2D eigenvalue weighted by Gasteiger charge is -2.25. The lowest BCUT2D eigenvalue weighted by atomic mass is 9.98. The summed E-state index contributed by atoms with van der Waals surface area (Å²) in [6.45, 7) is 6.78. The molecule has 1 amide bonds. The van der Waals surface area contributed by atoms with Gasteiger partial charge in [0, 0.05) is 26.1 Å². The molecule has 3 heteroatoms. The minimum Gasteiger partial charge on any atom is -0.342 e. The maximum absolute atomic E-state index is 11.7. The van der Waals surface area contributed by atoms with Gasteiger partial charge in [-0.1, -0.05) is 26.7 Å². The van der Waals surface area contributed by atoms with Crippen molar-refractivity contribution < 1.29 is 4.79 Å². The SMILES string of the molecule is CCC(CC)CC(=O)N(C)C(C)CN. The van der Waals surface area contributed by atoms with Gasteiger partial charge in [-0.25, -0.2) is 0 Å². The van der Waals surface area contributed by atoms with E-state index in [4.69, 9.17) is 5.73 Å². The number of rotatable bonds is 6. The average molecular weight is 200 g/mol. The van der Waals surface area contributed by atoms with Crippen molar-refractivity contribution >= 4 is 5.91 Å². The molecular weight excluding hydrogens is 176 g/mol. The van der Waals surface area contributed by atoms with Crippen molar-refractivity contribution in [2.24, 2.45) is 11.7 Å². The van der Waals surface area contributed by atoms with Crippen LogP contribution in [-0.2, 0) is 4.79 Å². The standard InChI is InChI=1S/C11H24N2O/c1-5-10(6-2)7-11(14)13(4)9(3)8-12/h9-10H,5-8,12H2,1-4H3. The zero-order valence-corrected chi connectivity index (χ0v) is 9.92. The van der Waals surface area contributed by atoms with E-state index in [0.717, 1.165) is 12.8 Å². The van der Waals surface area contributed by atoms with Gasteiger partial charge in [-0.15, -0.1) is 0 Å². The molecule has 0 bridgehead atoms. The fourth-order valence-electron chi connectivity index (χ4n) is 1.37. The zero-order chi connectivity index (χ0) is 11.1. The quantitative estimate of drug-likeness (QED) is 0.708. The molecular formula is C11H24N2O. The van der Waals surface area contributed by atoms with E-state index in [9.17, 15) is 4.79 Å². The molecule has 0 aromatic rings. The van der Waals surface area contributed by atoms with E-state index < -0.39 is 0 Å². The summed E-state index contributed by atoms with van der Waals surface area (Å²) in [6, 6.07) is 0.150. The van der Waals surface area contributed by atoms with Crippen LogP contribution < -0.4 is 5.73 Å². The maximum Gasteiger partial charge on any atom is 0.222 e. The Bertz CT molecular complexity index is 167. The van der Waals surface area contributed by atoms with Crippen LogP contribution in [0.25, 0.3) is 0 Å². The summed E-state index contributed by atoms with van der Waals surface area (Å²) >= 11 is 0. The summed E-state index contributed by atoms with van der Waals surface area (Å²) in [5.74, 6) is 0.742. The van der Waals surface area contributed by atoms with Crippen LogP contribution in [0.4, 0.5) is 0 Å². The van der Waals surface area contributed by atoms with E-state index in [1.54, 1.807) is 4.90 Å². The summed E-state index contributed by atoms with van der Waals surface area (Å²) in [4.78, 5) is 13.5. The lowest BCUT2D eigenvalue weighted by molar-refractivity contribution is -0.132. The molecule has 0 fully saturated rings. The van der Waals surface area contributed by atoms with Gasteiger partial charge in [0.1, 0.15) is 0 Å². The minimum absolute atomic E-state index is 0.150. The number of nitrogens with two attached hydrogens (primary N) is 1. The fraction of sp³-hybridized carbons (Fsp3) is 0.909. The molecule has 1 atom stereocenters. The van der Waals surface area contributed by atoms with E-state index in [1.807, 2.05) is 14.0 Å². The van der Waals surface area contributed by atoms with Crippen LogP contribution in [0.1, 0.15) is 40.0 Å². The van der Waals surface area contributed by atoms with Gasteiger partial charge in [0.15, 0.2) is 0 Å². The normalized spacial score (nSPS) is 13.0. The van der Waals surface area contributed by atoms with Crippen molar-refractivity contribution in [3.8, 4) is 0 Å². The van der Waals surface area contributed by atoms with Crippen LogP contribution in [0, 0.1) is 5.92 Å². The third kappa shape index (κ3) is 4.09. The molecule has 1 unspecified atom stereocenters. The molecule has 0 aliphatic carbocycles. The van der Waals surface area contributed by atoms with Gasteiger partial charge in [0.2, 0.25) is 5.91 Å². The number of carbonyl (C=O) groups excluding carboxylic acids is 1. The first-order valence-electron chi connectivity index (χ1n) is 5.52. The summed E-state index contributed by atoms with van der Waals surface area (Å²) in [7, 11) is 1.84. The van der Waals surface area contributed by atoms with Crippen molar-refractivity contribution in [1.82, 2.24) is 4.90 Å². The maximum atomic E-state index is 11.7. The minimum atomic E-state index is 0.150. The Morgan fingerprint density at radius 3 is 2.21 bits per heavy atom. The van der Waals surface area contributed by atoms with Crippen molar-refractivity contribution in [2.45, 2.75) is 46.1 Å². The molecule has 0 aromatic heterocycles. The van der Waals surface area contributed by atoms with Gasteiger partial charge in [0.05, 0.1) is 0 Å². The van der Waals surface area contributed by atoms with E-state index in [1.165, 1.54) is 0 Å². The highest BCUT2D eigenvalue weighted by molar-refractivity contribution is 5.76. The number of carbonyl (C=O) groups is 1. The van der Waals surface area contributed by atoms with Crippen molar-refractivity contribution in [2.75, 3.05) is 13.6 Å². The summed E-state index contributed by atoms with van der Waals surface area (Å²) in [5.41, 5.74) is 5.51. The highest BCUT2D eigenvalue weighted by Crippen LogP contribution is 2.14. The highest BCUT2D eigenvalue weighted by atomic mass is 16.2. The van der Waals surface area contributed by atoms with Crippen LogP contribution in [0.3, 0.4) is 0 Å². The predicted molar refractivity (Wildman–Crippen MR) is 60.0 cm³/mol. The molecule has 0 aliphatic heterocycles. The fourth-order valence-corrected chi connectivity index (χ4v) is 1.37. The van der Waals surface area contributed by atoms with E-state index in [2.05, 4.69) is 13.8 Å². The molecule has 0 aliphatic rings. The molecule has 2 N–H and O–H groups in total. The zero-order valence-electron chi connectivity index (χ0n) is 9.92. The third-order valence-corrected chi connectivity index (χ3v) is 3.01. The monoisotopic (exact) mass is 200 g/mol.